The minimum atomic E-state index is -0.900. The number of halogens is 3. The number of aliphatic hydroxyl groups excluding tert-OH is 1. The van der Waals surface area contributed by atoms with Crippen LogP contribution in [0.25, 0.3) is 0 Å². The highest BCUT2D eigenvalue weighted by Gasteiger charge is 2.24. The molecule has 0 radical (unpaired) electrons. The van der Waals surface area contributed by atoms with E-state index in [0.717, 1.165) is 6.07 Å². The van der Waals surface area contributed by atoms with Crippen molar-refractivity contribution in [3.8, 4) is 0 Å². The van der Waals surface area contributed by atoms with E-state index in [1.54, 1.807) is 0 Å². The largest absolute Gasteiger partial charge is 0.391 e. The summed E-state index contributed by atoms with van der Waals surface area (Å²) in [6.45, 7) is 1.59. The van der Waals surface area contributed by atoms with Gasteiger partial charge in [-0.15, -0.1) is 12.4 Å². The Morgan fingerprint density at radius 2 is 2.14 bits per heavy atom. The molecule has 0 aromatic heterocycles. The lowest BCUT2D eigenvalue weighted by Crippen LogP contribution is -2.34. The number of aryl methyl sites for hydroxylation is 1. The maximum absolute atomic E-state index is 13.4. The number of carbonyl (C=O) groups excluding carboxylic acids is 1. The molecule has 0 aliphatic carbocycles. The van der Waals surface area contributed by atoms with Crippen molar-refractivity contribution < 1.29 is 18.7 Å². The molecule has 1 fully saturated rings. The summed E-state index contributed by atoms with van der Waals surface area (Å²) < 4.78 is 26.4. The SMILES string of the molecule is Cl.O=C(CCc1cccc(F)c1F)NCC1CNCC1O. The van der Waals surface area contributed by atoms with Crippen molar-refractivity contribution in [2.75, 3.05) is 19.6 Å². The van der Waals surface area contributed by atoms with Gasteiger partial charge in [0, 0.05) is 32.0 Å². The second-order valence-electron chi connectivity index (χ2n) is 5.00. The van der Waals surface area contributed by atoms with Gasteiger partial charge in [0.25, 0.3) is 0 Å². The van der Waals surface area contributed by atoms with Gasteiger partial charge < -0.3 is 15.7 Å². The van der Waals surface area contributed by atoms with Gasteiger partial charge in [-0.3, -0.25) is 4.79 Å². The van der Waals surface area contributed by atoms with Crippen LogP contribution in [0.5, 0.6) is 0 Å². The summed E-state index contributed by atoms with van der Waals surface area (Å²) in [6, 6.07) is 3.94. The number of hydrogen-bond acceptors (Lipinski definition) is 3. The third kappa shape index (κ3) is 4.91. The van der Waals surface area contributed by atoms with Gasteiger partial charge in [-0.2, -0.15) is 0 Å². The smallest absolute Gasteiger partial charge is 0.220 e. The Kier molecular flexibility index (Phi) is 7.01. The molecule has 1 aromatic carbocycles. The zero-order chi connectivity index (χ0) is 14.5. The summed E-state index contributed by atoms with van der Waals surface area (Å²) in [4.78, 5) is 11.6. The lowest BCUT2D eigenvalue weighted by molar-refractivity contribution is -0.121. The minimum absolute atomic E-state index is 0. The van der Waals surface area contributed by atoms with Crippen LogP contribution in [0.1, 0.15) is 12.0 Å². The lowest BCUT2D eigenvalue weighted by Gasteiger charge is -2.14. The fraction of sp³-hybridized carbons (Fsp3) is 0.500. The Bertz CT molecular complexity index is 488. The van der Waals surface area contributed by atoms with Gasteiger partial charge in [0.2, 0.25) is 5.91 Å². The van der Waals surface area contributed by atoms with E-state index in [2.05, 4.69) is 10.6 Å². The van der Waals surface area contributed by atoms with Crippen LogP contribution in [-0.4, -0.2) is 36.8 Å². The van der Waals surface area contributed by atoms with Crippen molar-refractivity contribution in [3.05, 3.63) is 35.4 Å². The summed E-state index contributed by atoms with van der Waals surface area (Å²) in [7, 11) is 0. The normalized spacial score (nSPS) is 20.9. The summed E-state index contributed by atoms with van der Waals surface area (Å²) >= 11 is 0. The van der Waals surface area contributed by atoms with Crippen LogP contribution in [-0.2, 0) is 11.2 Å². The molecule has 2 rings (SSSR count). The van der Waals surface area contributed by atoms with E-state index < -0.39 is 17.7 Å². The molecule has 1 amide bonds. The molecule has 3 N–H and O–H groups in total. The Morgan fingerprint density at radius 1 is 1.38 bits per heavy atom. The van der Waals surface area contributed by atoms with E-state index in [1.165, 1.54) is 12.1 Å². The van der Waals surface area contributed by atoms with Gasteiger partial charge in [0.15, 0.2) is 11.6 Å². The maximum Gasteiger partial charge on any atom is 0.220 e. The highest BCUT2D eigenvalue weighted by atomic mass is 35.5. The number of hydrogen-bond donors (Lipinski definition) is 3. The number of benzene rings is 1. The zero-order valence-corrected chi connectivity index (χ0v) is 12.3. The molecule has 2 atom stereocenters. The van der Waals surface area contributed by atoms with E-state index in [-0.39, 0.29) is 42.6 Å². The third-order valence-electron chi connectivity index (χ3n) is 3.52. The first-order chi connectivity index (χ1) is 9.58. The van der Waals surface area contributed by atoms with Gasteiger partial charge in [0.05, 0.1) is 6.10 Å². The molecular weight excluding hydrogens is 302 g/mol. The summed E-state index contributed by atoms with van der Waals surface area (Å²) in [5.74, 6) is -2.02. The topological polar surface area (TPSA) is 61.4 Å². The zero-order valence-electron chi connectivity index (χ0n) is 11.4. The highest BCUT2D eigenvalue weighted by molar-refractivity contribution is 5.85. The van der Waals surface area contributed by atoms with E-state index in [9.17, 15) is 18.7 Å². The average molecular weight is 321 g/mol. The van der Waals surface area contributed by atoms with E-state index in [0.29, 0.717) is 19.6 Å². The van der Waals surface area contributed by atoms with Crippen molar-refractivity contribution in [1.82, 2.24) is 10.6 Å². The molecule has 0 saturated carbocycles. The first-order valence-corrected chi connectivity index (χ1v) is 6.66. The number of nitrogens with one attached hydrogen (secondary N) is 2. The van der Waals surface area contributed by atoms with E-state index in [1.807, 2.05) is 0 Å². The molecule has 2 unspecified atom stereocenters. The fourth-order valence-corrected chi connectivity index (χ4v) is 2.25. The Balaban J connectivity index is 0.00000220. The summed E-state index contributed by atoms with van der Waals surface area (Å²) in [6.07, 6.45) is -0.201. The molecule has 1 aliphatic rings. The number of carbonyl (C=O) groups is 1. The van der Waals surface area contributed by atoms with Crippen molar-refractivity contribution in [2.24, 2.45) is 5.92 Å². The van der Waals surface area contributed by atoms with Crippen molar-refractivity contribution >= 4 is 18.3 Å². The molecule has 118 valence electrons. The molecule has 21 heavy (non-hydrogen) atoms. The van der Waals surface area contributed by atoms with E-state index >= 15 is 0 Å². The van der Waals surface area contributed by atoms with Crippen LogP contribution in [0.2, 0.25) is 0 Å². The molecular formula is C14H19ClF2N2O2. The predicted molar refractivity (Wildman–Crippen MR) is 77.3 cm³/mol. The first-order valence-electron chi connectivity index (χ1n) is 6.66. The van der Waals surface area contributed by atoms with Gasteiger partial charge in [0.1, 0.15) is 0 Å². The first kappa shape index (κ1) is 17.8. The van der Waals surface area contributed by atoms with E-state index in [4.69, 9.17) is 0 Å². The summed E-state index contributed by atoms with van der Waals surface area (Å²) in [5.41, 5.74) is 0.197. The van der Waals surface area contributed by atoms with Gasteiger partial charge in [-0.25, -0.2) is 8.78 Å². The van der Waals surface area contributed by atoms with Crippen LogP contribution in [0.15, 0.2) is 18.2 Å². The number of amides is 1. The van der Waals surface area contributed by atoms with Gasteiger partial charge in [-0.05, 0) is 18.1 Å². The minimum Gasteiger partial charge on any atom is -0.391 e. The number of β-amino-alcohol motifs (C(OH)–C–C–N with tert-alkyl or cyclic N) is 1. The third-order valence-corrected chi connectivity index (χ3v) is 3.52. The van der Waals surface area contributed by atoms with Crippen LogP contribution >= 0.6 is 12.4 Å². The number of aliphatic hydroxyl groups is 1. The molecule has 1 saturated heterocycles. The van der Waals surface area contributed by atoms with Crippen LogP contribution in [0, 0.1) is 17.6 Å². The monoisotopic (exact) mass is 320 g/mol. The fourth-order valence-electron chi connectivity index (χ4n) is 2.25. The molecule has 0 bridgehead atoms. The lowest BCUT2D eigenvalue weighted by atomic mass is 10.1. The van der Waals surface area contributed by atoms with Crippen molar-refractivity contribution in [3.63, 3.8) is 0 Å². The van der Waals surface area contributed by atoms with Gasteiger partial charge >= 0.3 is 0 Å². The molecule has 4 nitrogen and oxygen atoms in total. The summed E-state index contributed by atoms with van der Waals surface area (Å²) in [5, 5.41) is 15.3. The average Bonchev–Trinajstić information content (AvgIpc) is 2.83. The molecule has 7 heteroatoms. The Morgan fingerprint density at radius 3 is 2.81 bits per heavy atom. The highest BCUT2D eigenvalue weighted by Crippen LogP contribution is 2.13. The van der Waals surface area contributed by atoms with Crippen molar-refractivity contribution in [2.45, 2.75) is 18.9 Å². The number of rotatable bonds is 5. The second-order valence-corrected chi connectivity index (χ2v) is 5.00. The van der Waals surface area contributed by atoms with Crippen molar-refractivity contribution in [1.29, 1.82) is 0 Å². The van der Waals surface area contributed by atoms with Gasteiger partial charge in [-0.1, -0.05) is 12.1 Å². The maximum atomic E-state index is 13.4. The van der Waals surface area contributed by atoms with Crippen LogP contribution < -0.4 is 10.6 Å². The molecule has 0 spiro atoms. The van der Waals surface area contributed by atoms with Crippen LogP contribution in [0.3, 0.4) is 0 Å². The molecule has 1 aromatic rings. The Labute approximate surface area is 128 Å². The standard InChI is InChI=1S/C14H18F2N2O2.ClH/c15-11-3-1-2-9(14(11)16)4-5-13(20)18-7-10-6-17-8-12(10)19;/h1-3,10,12,17,19H,4-8H2,(H,18,20);1H. The quantitative estimate of drug-likeness (QED) is 0.759. The molecule has 1 heterocycles. The van der Waals surface area contributed by atoms with Crippen LogP contribution in [0.4, 0.5) is 8.78 Å². The predicted octanol–water partition coefficient (Wildman–Crippen LogP) is 1.02. The Hall–Kier alpha value is -1.24. The molecule has 1 aliphatic heterocycles. The second kappa shape index (κ2) is 8.26.